The molecule has 5 nitrogen and oxygen atoms in total. The highest BCUT2D eigenvalue weighted by Gasteiger charge is 2.23. The van der Waals surface area contributed by atoms with Gasteiger partial charge in [0, 0.05) is 12.7 Å². The predicted octanol–water partition coefficient (Wildman–Crippen LogP) is 4.70. The predicted molar refractivity (Wildman–Crippen MR) is 97.3 cm³/mol. The van der Waals surface area contributed by atoms with Gasteiger partial charge in [-0.05, 0) is 60.3 Å². The zero-order valence-electron chi connectivity index (χ0n) is 14.9. The summed E-state index contributed by atoms with van der Waals surface area (Å²) in [5.41, 5.74) is 4.46. The van der Waals surface area contributed by atoms with Crippen molar-refractivity contribution in [3.05, 3.63) is 65.2 Å². The van der Waals surface area contributed by atoms with Gasteiger partial charge in [0.2, 0.25) is 0 Å². The summed E-state index contributed by atoms with van der Waals surface area (Å²) >= 11 is 0. The summed E-state index contributed by atoms with van der Waals surface area (Å²) in [6.45, 7) is 2.05. The quantitative estimate of drug-likeness (QED) is 0.603. The minimum atomic E-state index is 0.123. The summed E-state index contributed by atoms with van der Waals surface area (Å²) in [5, 5.41) is 3.95. The Morgan fingerprint density at radius 3 is 2.73 bits per heavy atom. The molecule has 3 aromatic rings. The molecule has 1 heterocycles. The van der Waals surface area contributed by atoms with Gasteiger partial charge in [-0.3, -0.25) is 0 Å². The first-order chi connectivity index (χ1) is 12.8. The topological polar surface area (TPSA) is 53.7 Å². The lowest BCUT2D eigenvalue weighted by molar-refractivity contribution is 0.0449. The largest absolute Gasteiger partial charge is 0.486 e. The van der Waals surface area contributed by atoms with Gasteiger partial charge in [0.25, 0.3) is 5.88 Å². The second-order valence-electron chi connectivity index (χ2n) is 6.36. The smallest absolute Gasteiger partial charge is 0.259 e. The maximum absolute atomic E-state index is 6.19. The first kappa shape index (κ1) is 16.7. The van der Waals surface area contributed by atoms with Crippen LogP contribution >= 0.6 is 0 Å². The summed E-state index contributed by atoms with van der Waals surface area (Å²) in [4.78, 5) is 0. The van der Waals surface area contributed by atoms with E-state index in [-0.39, 0.29) is 12.9 Å². The maximum Gasteiger partial charge on any atom is 0.259 e. The van der Waals surface area contributed by atoms with Crippen LogP contribution in [0, 0.1) is 6.92 Å². The molecule has 0 bridgehead atoms. The number of fused-ring (bicyclic) bond motifs is 1. The minimum absolute atomic E-state index is 0.123. The van der Waals surface area contributed by atoms with Crippen molar-refractivity contribution in [2.75, 3.05) is 13.9 Å². The number of rotatable bonds is 6. The average Bonchev–Trinajstić information content (AvgIpc) is 3.25. The Morgan fingerprint density at radius 1 is 1.12 bits per heavy atom. The molecular weight excluding hydrogens is 330 g/mol. The van der Waals surface area contributed by atoms with Gasteiger partial charge in [0.1, 0.15) is 11.9 Å². The number of hydrogen-bond acceptors (Lipinski definition) is 5. The van der Waals surface area contributed by atoms with Gasteiger partial charge in [-0.15, -0.1) is 0 Å². The molecule has 1 aromatic heterocycles. The molecule has 0 saturated heterocycles. The molecule has 134 valence electrons. The Balaban J connectivity index is 1.49. The van der Waals surface area contributed by atoms with Crippen molar-refractivity contribution in [1.82, 2.24) is 5.16 Å². The van der Waals surface area contributed by atoms with Crippen LogP contribution in [-0.2, 0) is 11.2 Å². The summed E-state index contributed by atoms with van der Waals surface area (Å²) < 4.78 is 21.9. The van der Waals surface area contributed by atoms with Crippen molar-refractivity contribution in [2.45, 2.75) is 25.9 Å². The van der Waals surface area contributed by atoms with E-state index in [0.29, 0.717) is 11.6 Å². The van der Waals surface area contributed by atoms with Crippen LogP contribution in [0.2, 0.25) is 0 Å². The lowest BCUT2D eigenvalue weighted by atomic mass is 10.1. The number of nitrogens with zero attached hydrogens (tertiary/aromatic N) is 1. The Labute approximate surface area is 152 Å². The monoisotopic (exact) mass is 351 g/mol. The van der Waals surface area contributed by atoms with E-state index in [2.05, 4.69) is 29.4 Å². The number of benzene rings is 2. The highest BCUT2D eigenvalue weighted by Crippen LogP contribution is 2.36. The highest BCUT2D eigenvalue weighted by atomic mass is 16.7. The molecule has 0 spiro atoms. The molecule has 1 atom stereocenters. The van der Waals surface area contributed by atoms with E-state index in [1.54, 1.807) is 7.11 Å². The SMILES string of the molecule is COCOc1noc(-c2ccc(OC3CCc4ccccc43)cc2)c1C. The van der Waals surface area contributed by atoms with E-state index in [1.807, 2.05) is 31.2 Å². The van der Waals surface area contributed by atoms with Crippen LogP contribution in [0.15, 0.2) is 53.1 Å². The van der Waals surface area contributed by atoms with Crippen LogP contribution in [0.4, 0.5) is 0 Å². The molecule has 5 heteroatoms. The number of methoxy groups -OCH3 is 1. The number of aryl methyl sites for hydroxylation is 1. The lowest BCUT2D eigenvalue weighted by Gasteiger charge is -2.15. The fourth-order valence-corrected chi connectivity index (χ4v) is 3.33. The number of hydrogen-bond donors (Lipinski definition) is 0. The van der Waals surface area contributed by atoms with Gasteiger partial charge >= 0.3 is 0 Å². The second kappa shape index (κ2) is 7.22. The van der Waals surface area contributed by atoms with Crippen molar-refractivity contribution >= 4 is 0 Å². The zero-order chi connectivity index (χ0) is 17.9. The molecule has 0 radical (unpaired) electrons. The van der Waals surface area contributed by atoms with Crippen LogP contribution in [-0.4, -0.2) is 19.1 Å². The second-order valence-corrected chi connectivity index (χ2v) is 6.36. The molecule has 4 rings (SSSR count). The first-order valence-electron chi connectivity index (χ1n) is 8.69. The zero-order valence-corrected chi connectivity index (χ0v) is 14.9. The van der Waals surface area contributed by atoms with Crippen LogP contribution in [0.1, 0.15) is 29.2 Å². The van der Waals surface area contributed by atoms with Gasteiger partial charge < -0.3 is 18.7 Å². The maximum atomic E-state index is 6.19. The average molecular weight is 351 g/mol. The lowest BCUT2D eigenvalue weighted by Crippen LogP contribution is -2.03. The summed E-state index contributed by atoms with van der Waals surface area (Å²) in [6, 6.07) is 16.4. The summed E-state index contributed by atoms with van der Waals surface area (Å²) in [6.07, 6.45) is 2.21. The van der Waals surface area contributed by atoms with Crippen molar-refractivity contribution < 1.29 is 18.7 Å². The van der Waals surface area contributed by atoms with Crippen molar-refractivity contribution in [3.8, 4) is 23.0 Å². The minimum Gasteiger partial charge on any atom is -0.486 e. The third-order valence-electron chi connectivity index (χ3n) is 4.67. The molecule has 1 unspecified atom stereocenters. The molecule has 0 aliphatic heterocycles. The standard InChI is InChI=1S/C21H21NO4/c1-14-20(26-22-21(14)24-13-23-2)16-7-10-17(11-8-16)25-19-12-9-15-5-3-4-6-18(15)19/h3-8,10-11,19H,9,12-13H2,1-2H3. The third-order valence-corrected chi connectivity index (χ3v) is 4.67. The van der Waals surface area contributed by atoms with Crippen molar-refractivity contribution in [1.29, 1.82) is 0 Å². The van der Waals surface area contributed by atoms with Crippen LogP contribution in [0.25, 0.3) is 11.3 Å². The van der Waals surface area contributed by atoms with Gasteiger partial charge in [0.05, 0.1) is 5.56 Å². The summed E-state index contributed by atoms with van der Waals surface area (Å²) in [5.74, 6) is 1.99. The Hall–Kier alpha value is -2.79. The third kappa shape index (κ3) is 3.18. The van der Waals surface area contributed by atoms with E-state index in [4.69, 9.17) is 18.7 Å². The van der Waals surface area contributed by atoms with E-state index >= 15 is 0 Å². The highest BCUT2D eigenvalue weighted by molar-refractivity contribution is 5.63. The molecule has 0 amide bonds. The van der Waals surface area contributed by atoms with Gasteiger partial charge in [-0.2, -0.15) is 0 Å². The molecule has 1 aliphatic rings. The molecule has 0 saturated carbocycles. The van der Waals surface area contributed by atoms with Crippen molar-refractivity contribution in [3.63, 3.8) is 0 Å². The Kier molecular flexibility index (Phi) is 4.63. The Bertz CT molecular complexity index is 885. The number of aromatic nitrogens is 1. The fraction of sp³-hybridized carbons (Fsp3) is 0.286. The first-order valence-corrected chi connectivity index (χ1v) is 8.69. The van der Waals surface area contributed by atoms with E-state index < -0.39 is 0 Å². The van der Waals surface area contributed by atoms with E-state index in [0.717, 1.165) is 29.7 Å². The molecule has 26 heavy (non-hydrogen) atoms. The molecule has 0 fully saturated rings. The van der Waals surface area contributed by atoms with Crippen molar-refractivity contribution in [2.24, 2.45) is 0 Å². The van der Waals surface area contributed by atoms with Crippen LogP contribution < -0.4 is 9.47 Å². The molecule has 0 N–H and O–H groups in total. The fourth-order valence-electron chi connectivity index (χ4n) is 3.33. The van der Waals surface area contributed by atoms with Gasteiger partial charge in [0.15, 0.2) is 12.6 Å². The number of ether oxygens (including phenoxy) is 3. The normalized spacial score (nSPS) is 15.7. The Morgan fingerprint density at radius 2 is 1.92 bits per heavy atom. The van der Waals surface area contributed by atoms with Crippen LogP contribution in [0.5, 0.6) is 11.6 Å². The molecular formula is C21H21NO4. The van der Waals surface area contributed by atoms with E-state index in [9.17, 15) is 0 Å². The van der Waals surface area contributed by atoms with Crippen LogP contribution in [0.3, 0.4) is 0 Å². The molecule has 1 aliphatic carbocycles. The van der Waals surface area contributed by atoms with Gasteiger partial charge in [-0.25, -0.2) is 0 Å². The molecule has 2 aromatic carbocycles. The van der Waals surface area contributed by atoms with Gasteiger partial charge in [-0.1, -0.05) is 24.3 Å². The van der Waals surface area contributed by atoms with E-state index in [1.165, 1.54) is 11.1 Å². The summed E-state index contributed by atoms with van der Waals surface area (Å²) in [7, 11) is 1.57.